The SMILES string of the molecule is C=CC(=O)OC.CCCCN=C=O. The second-order valence-electron chi connectivity index (χ2n) is 2.05. The molecule has 0 aromatic rings. The highest BCUT2D eigenvalue weighted by Crippen LogP contribution is 1.83. The standard InChI is InChI=1S/C5H9NO.C4H6O2/c1-2-3-4-6-5-7;1-3-4(5)6-2/h2-4H2,1H3;3H,1H2,2H3. The molecule has 0 fully saturated rings. The summed E-state index contributed by atoms with van der Waals surface area (Å²) >= 11 is 0. The number of methoxy groups -OCH3 is 1. The molecule has 4 nitrogen and oxygen atoms in total. The number of hydrogen-bond acceptors (Lipinski definition) is 4. The fraction of sp³-hybridized carbons (Fsp3) is 0.556. The molecular weight excluding hydrogens is 170 g/mol. The van der Waals surface area contributed by atoms with Crippen LogP contribution in [0.15, 0.2) is 17.6 Å². The van der Waals surface area contributed by atoms with Gasteiger partial charge in [0.2, 0.25) is 6.08 Å². The average Bonchev–Trinajstić information content (AvgIpc) is 2.18. The fourth-order valence-electron chi connectivity index (χ4n) is 0.366. The van der Waals surface area contributed by atoms with Crippen LogP contribution in [0, 0.1) is 0 Å². The van der Waals surface area contributed by atoms with E-state index in [1.54, 1.807) is 0 Å². The summed E-state index contributed by atoms with van der Waals surface area (Å²) in [6, 6.07) is 0. The Labute approximate surface area is 78.3 Å². The van der Waals surface area contributed by atoms with E-state index in [0.717, 1.165) is 18.9 Å². The van der Waals surface area contributed by atoms with Gasteiger partial charge < -0.3 is 4.74 Å². The summed E-state index contributed by atoms with van der Waals surface area (Å²) in [5.74, 6) is -0.394. The smallest absolute Gasteiger partial charge is 0.329 e. The van der Waals surface area contributed by atoms with E-state index in [0.29, 0.717) is 6.54 Å². The number of carbonyl (C=O) groups excluding carboxylic acids is 2. The maximum atomic E-state index is 9.84. The Morgan fingerprint density at radius 2 is 2.31 bits per heavy atom. The molecule has 0 radical (unpaired) electrons. The van der Waals surface area contributed by atoms with Crippen molar-refractivity contribution in [2.45, 2.75) is 19.8 Å². The number of hydrogen-bond donors (Lipinski definition) is 0. The Morgan fingerprint density at radius 3 is 2.54 bits per heavy atom. The summed E-state index contributed by atoms with van der Waals surface area (Å²) in [6.07, 6.45) is 4.67. The van der Waals surface area contributed by atoms with Crippen LogP contribution in [0.5, 0.6) is 0 Å². The highest BCUT2D eigenvalue weighted by atomic mass is 16.5. The second-order valence-corrected chi connectivity index (χ2v) is 2.05. The van der Waals surface area contributed by atoms with Crippen LogP contribution in [-0.2, 0) is 14.3 Å². The zero-order valence-corrected chi connectivity index (χ0v) is 8.08. The van der Waals surface area contributed by atoms with Gasteiger partial charge in [0.15, 0.2) is 0 Å². The van der Waals surface area contributed by atoms with Crippen LogP contribution in [0.2, 0.25) is 0 Å². The molecule has 0 N–H and O–H groups in total. The first kappa shape index (κ1) is 14.1. The lowest BCUT2D eigenvalue weighted by Gasteiger charge is -1.83. The number of rotatable bonds is 4. The molecule has 0 spiro atoms. The lowest BCUT2D eigenvalue weighted by molar-refractivity contribution is -0.134. The van der Waals surface area contributed by atoms with E-state index in [4.69, 9.17) is 0 Å². The molecule has 0 aromatic carbocycles. The maximum absolute atomic E-state index is 9.84. The third kappa shape index (κ3) is 18.0. The first-order valence-corrected chi connectivity index (χ1v) is 3.96. The first-order valence-electron chi connectivity index (χ1n) is 3.96. The van der Waals surface area contributed by atoms with Gasteiger partial charge in [-0.2, -0.15) is 0 Å². The highest BCUT2D eigenvalue weighted by Gasteiger charge is 1.81. The van der Waals surface area contributed by atoms with E-state index >= 15 is 0 Å². The molecule has 0 aromatic heterocycles. The van der Waals surface area contributed by atoms with Crippen LogP contribution in [0.1, 0.15) is 19.8 Å². The molecular formula is C9H15NO3. The Morgan fingerprint density at radius 1 is 1.69 bits per heavy atom. The Balaban J connectivity index is 0. The molecule has 0 aliphatic carbocycles. The molecule has 74 valence electrons. The second kappa shape index (κ2) is 13.2. The van der Waals surface area contributed by atoms with Crippen LogP contribution in [0.4, 0.5) is 0 Å². The number of carbonyl (C=O) groups is 1. The third-order valence-corrected chi connectivity index (χ3v) is 1.06. The monoisotopic (exact) mass is 185 g/mol. The Bertz CT molecular complexity index is 183. The van der Waals surface area contributed by atoms with Crippen molar-refractivity contribution >= 4 is 12.0 Å². The topological polar surface area (TPSA) is 55.7 Å². The van der Waals surface area contributed by atoms with E-state index in [9.17, 15) is 9.59 Å². The van der Waals surface area contributed by atoms with Crippen molar-refractivity contribution in [2.24, 2.45) is 4.99 Å². The lowest BCUT2D eigenvalue weighted by atomic mass is 10.3. The minimum Gasteiger partial charge on any atom is -0.466 e. The van der Waals surface area contributed by atoms with Crippen molar-refractivity contribution in [3.8, 4) is 0 Å². The van der Waals surface area contributed by atoms with Crippen molar-refractivity contribution < 1.29 is 14.3 Å². The van der Waals surface area contributed by atoms with E-state index < -0.39 is 5.97 Å². The van der Waals surface area contributed by atoms with Gasteiger partial charge in [0.1, 0.15) is 0 Å². The molecule has 0 saturated heterocycles. The predicted octanol–water partition coefficient (Wildman–Crippen LogP) is 1.47. The highest BCUT2D eigenvalue weighted by molar-refractivity contribution is 5.80. The van der Waals surface area contributed by atoms with E-state index in [2.05, 4.69) is 23.2 Å². The van der Waals surface area contributed by atoms with Gasteiger partial charge in [-0.1, -0.05) is 19.9 Å². The van der Waals surface area contributed by atoms with Crippen LogP contribution in [0.25, 0.3) is 0 Å². The normalized spacial score (nSPS) is 7.23. The number of isocyanates is 1. The molecule has 4 heteroatoms. The predicted molar refractivity (Wildman–Crippen MR) is 50.1 cm³/mol. The minimum absolute atomic E-state index is 0.394. The number of nitrogens with zero attached hydrogens (tertiary/aromatic N) is 1. The van der Waals surface area contributed by atoms with Gasteiger partial charge in [-0.05, 0) is 6.42 Å². The van der Waals surface area contributed by atoms with Gasteiger partial charge in [-0.15, -0.1) is 0 Å². The van der Waals surface area contributed by atoms with E-state index in [1.165, 1.54) is 13.2 Å². The van der Waals surface area contributed by atoms with E-state index in [-0.39, 0.29) is 0 Å². The summed E-state index contributed by atoms with van der Waals surface area (Å²) < 4.78 is 4.14. The summed E-state index contributed by atoms with van der Waals surface area (Å²) in [6.45, 7) is 5.85. The number of ether oxygens (including phenoxy) is 1. The molecule has 0 amide bonds. The van der Waals surface area contributed by atoms with E-state index in [1.807, 2.05) is 0 Å². The number of unbranched alkanes of at least 4 members (excludes halogenated alkanes) is 1. The zero-order valence-electron chi connectivity index (χ0n) is 8.08. The van der Waals surface area contributed by atoms with Crippen molar-refractivity contribution in [1.82, 2.24) is 0 Å². The average molecular weight is 185 g/mol. The van der Waals surface area contributed by atoms with Gasteiger partial charge >= 0.3 is 5.97 Å². The molecule has 0 bridgehead atoms. The minimum atomic E-state index is -0.394. The van der Waals surface area contributed by atoms with Gasteiger partial charge in [0.25, 0.3) is 0 Å². The molecule has 0 saturated carbocycles. The molecule has 0 atom stereocenters. The molecule has 13 heavy (non-hydrogen) atoms. The van der Waals surface area contributed by atoms with Crippen LogP contribution >= 0.6 is 0 Å². The quantitative estimate of drug-likeness (QED) is 0.219. The molecule has 0 heterocycles. The summed E-state index contributed by atoms with van der Waals surface area (Å²) in [5.41, 5.74) is 0. The summed E-state index contributed by atoms with van der Waals surface area (Å²) in [4.78, 5) is 22.6. The van der Waals surface area contributed by atoms with Gasteiger partial charge in [0.05, 0.1) is 13.7 Å². The number of aliphatic imine (C=N–C) groups is 1. The third-order valence-electron chi connectivity index (χ3n) is 1.06. The summed E-state index contributed by atoms with van der Waals surface area (Å²) in [7, 11) is 1.31. The molecule has 0 aliphatic heterocycles. The molecule has 0 rings (SSSR count). The molecule has 0 aliphatic rings. The summed E-state index contributed by atoms with van der Waals surface area (Å²) in [5, 5.41) is 0. The van der Waals surface area contributed by atoms with Crippen molar-refractivity contribution in [3.05, 3.63) is 12.7 Å². The Hall–Kier alpha value is -1.41. The van der Waals surface area contributed by atoms with Gasteiger partial charge in [0, 0.05) is 6.08 Å². The first-order chi connectivity index (χ1) is 6.22. The van der Waals surface area contributed by atoms with Gasteiger partial charge in [-0.25, -0.2) is 14.6 Å². The molecule has 0 unspecified atom stereocenters. The Kier molecular flexibility index (Phi) is 14.3. The van der Waals surface area contributed by atoms with Gasteiger partial charge in [-0.3, -0.25) is 0 Å². The number of esters is 1. The van der Waals surface area contributed by atoms with Crippen LogP contribution < -0.4 is 0 Å². The van der Waals surface area contributed by atoms with Crippen molar-refractivity contribution in [3.63, 3.8) is 0 Å². The maximum Gasteiger partial charge on any atom is 0.329 e. The van der Waals surface area contributed by atoms with Crippen molar-refractivity contribution in [1.29, 1.82) is 0 Å². The zero-order chi connectivity index (χ0) is 10.5. The largest absolute Gasteiger partial charge is 0.466 e. The van der Waals surface area contributed by atoms with Crippen molar-refractivity contribution in [2.75, 3.05) is 13.7 Å². The van der Waals surface area contributed by atoms with Crippen LogP contribution in [0.3, 0.4) is 0 Å². The van der Waals surface area contributed by atoms with Crippen LogP contribution in [-0.4, -0.2) is 25.7 Å². The fourth-order valence-corrected chi connectivity index (χ4v) is 0.366. The lowest BCUT2D eigenvalue weighted by Crippen LogP contribution is -1.91.